The van der Waals surface area contributed by atoms with Gasteiger partial charge in [-0.1, -0.05) is 18.2 Å². The van der Waals surface area contributed by atoms with Crippen molar-refractivity contribution in [3.63, 3.8) is 0 Å². The van der Waals surface area contributed by atoms with E-state index in [-0.39, 0.29) is 17.2 Å². The molecule has 30 heavy (non-hydrogen) atoms. The molecule has 0 atom stereocenters. The lowest BCUT2D eigenvalue weighted by Crippen LogP contribution is -2.25. The lowest BCUT2D eigenvalue weighted by molar-refractivity contribution is -0.385. The van der Waals surface area contributed by atoms with Crippen LogP contribution in [0.4, 0.5) is 10.7 Å². The average molecular weight is 422 g/mol. The summed E-state index contributed by atoms with van der Waals surface area (Å²) in [5, 5.41) is 17.3. The molecule has 0 bridgehead atoms. The second-order valence-corrected chi connectivity index (χ2v) is 7.94. The van der Waals surface area contributed by atoms with Crippen LogP contribution in [-0.2, 0) is 19.4 Å². The van der Waals surface area contributed by atoms with Crippen LogP contribution in [0.3, 0.4) is 0 Å². The second kappa shape index (κ2) is 8.42. The first-order valence-electron chi connectivity index (χ1n) is 9.41. The maximum atomic E-state index is 13.0. The fourth-order valence-corrected chi connectivity index (χ4v) is 4.78. The van der Waals surface area contributed by atoms with E-state index >= 15 is 0 Å². The summed E-state index contributed by atoms with van der Waals surface area (Å²) in [6.07, 6.45) is 5.92. The summed E-state index contributed by atoms with van der Waals surface area (Å²) in [7, 11) is 0. The number of nitro benzene ring substituents is 1. The van der Waals surface area contributed by atoms with E-state index < -0.39 is 10.8 Å². The predicted octanol–water partition coefficient (Wildman–Crippen LogP) is 3.72. The average Bonchev–Trinajstić information content (AvgIpc) is 3.33. The topological polar surface area (TPSA) is 114 Å². The van der Waals surface area contributed by atoms with Gasteiger partial charge in [0.2, 0.25) is 0 Å². The number of anilines is 1. The van der Waals surface area contributed by atoms with E-state index in [0.29, 0.717) is 17.1 Å². The summed E-state index contributed by atoms with van der Waals surface area (Å²) < 4.78 is 0. The molecule has 0 saturated heterocycles. The van der Waals surface area contributed by atoms with Crippen LogP contribution < -0.4 is 10.6 Å². The number of nitrogens with zero attached hydrogens (tertiary/aromatic N) is 2. The van der Waals surface area contributed by atoms with Crippen molar-refractivity contribution in [1.29, 1.82) is 0 Å². The zero-order valence-corrected chi connectivity index (χ0v) is 16.7. The van der Waals surface area contributed by atoms with Crippen molar-refractivity contribution in [1.82, 2.24) is 10.3 Å². The van der Waals surface area contributed by atoms with E-state index in [9.17, 15) is 19.7 Å². The van der Waals surface area contributed by atoms with Gasteiger partial charge in [0.1, 0.15) is 10.6 Å². The molecule has 1 aliphatic rings. The zero-order valence-electron chi connectivity index (χ0n) is 15.9. The fraction of sp³-hybridized carbons (Fsp3) is 0.190. The SMILES string of the molecule is O=C(Nc1sc2c(c1C(=O)NCc1cccnc1)CCC2)c1ccccc1[N+](=O)[O-]. The van der Waals surface area contributed by atoms with Gasteiger partial charge < -0.3 is 10.6 Å². The van der Waals surface area contributed by atoms with Gasteiger partial charge in [-0.3, -0.25) is 24.7 Å². The van der Waals surface area contributed by atoms with Crippen LogP contribution in [0.1, 0.15) is 43.1 Å². The number of hydrogen-bond acceptors (Lipinski definition) is 6. The number of nitrogens with one attached hydrogen (secondary N) is 2. The van der Waals surface area contributed by atoms with Crippen LogP contribution >= 0.6 is 11.3 Å². The molecule has 2 amide bonds. The Morgan fingerprint density at radius 1 is 1.13 bits per heavy atom. The molecule has 2 N–H and O–H groups in total. The van der Waals surface area contributed by atoms with Gasteiger partial charge in [-0.25, -0.2) is 0 Å². The molecular weight excluding hydrogens is 404 g/mol. The highest BCUT2D eigenvalue weighted by Crippen LogP contribution is 2.39. The van der Waals surface area contributed by atoms with Gasteiger partial charge in [-0.05, 0) is 42.5 Å². The normalized spacial score (nSPS) is 12.3. The van der Waals surface area contributed by atoms with Crippen molar-refractivity contribution in [2.75, 3.05) is 5.32 Å². The summed E-state index contributed by atoms with van der Waals surface area (Å²) in [4.78, 5) is 41.5. The number of aromatic nitrogens is 1. The Balaban J connectivity index is 1.59. The predicted molar refractivity (Wildman–Crippen MR) is 113 cm³/mol. The van der Waals surface area contributed by atoms with Crippen LogP contribution in [0, 0.1) is 10.1 Å². The van der Waals surface area contributed by atoms with Crippen LogP contribution in [0.5, 0.6) is 0 Å². The molecule has 0 spiro atoms. The molecular formula is C21H18N4O4S. The number of hydrogen-bond donors (Lipinski definition) is 2. The molecule has 9 heteroatoms. The van der Waals surface area contributed by atoms with Crippen LogP contribution in [0.15, 0.2) is 48.8 Å². The summed E-state index contributed by atoms with van der Waals surface area (Å²) in [6, 6.07) is 9.41. The van der Waals surface area contributed by atoms with Gasteiger partial charge in [0.15, 0.2) is 0 Å². The Bertz CT molecular complexity index is 1130. The molecule has 2 aromatic heterocycles. The summed E-state index contributed by atoms with van der Waals surface area (Å²) >= 11 is 1.36. The number of carbonyl (C=O) groups excluding carboxylic acids is 2. The maximum absolute atomic E-state index is 13.0. The number of fused-ring (bicyclic) bond motifs is 1. The van der Waals surface area contributed by atoms with Gasteiger partial charge in [0, 0.05) is 29.9 Å². The smallest absolute Gasteiger partial charge is 0.282 e. The highest BCUT2D eigenvalue weighted by molar-refractivity contribution is 7.17. The van der Waals surface area contributed by atoms with Gasteiger partial charge in [0.05, 0.1) is 10.5 Å². The highest BCUT2D eigenvalue weighted by atomic mass is 32.1. The molecule has 2 heterocycles. The number of carbonyl (C=O) groups is 2. The zero-order chi connectivity index (χ0) is 21.1. The van der Waals surface area contributed by atoms with Gasteiger partial charge in [-0.2, -0.15) is 0 Å². The third-order valence-corrected chi connectivity index (χ3v) is 6.10. The van der Waals surface area contributed by atoms with Gasteiger partial charge in [-0.15, -0.1) is 11.3 Å². The number of amides is 2. The van der Waals surface area contributed by atoms with Crippen LogP contribution in [-0.4, -0.2) is 21.7 Å². The Morgan fingerprint density at radius 2 is 1.97 bits per heavy atom. The van der Waals surface area contributed by atoms with Crippen molar-refractivity contribution in [3.8, 4) is 0 Å². The number of thiophene rings is 1. The molecule has 1 aromatic carbocycles. The van der Waals surface area contributed by atoms with E-state index in [4.69, 9.17) is 0 Å². The summed E-state index contributed by atoms with van der Waals surface area (Å²) in [5.41, 5.74) is 1.94. The van der Waals surface area contributed by atoms with Gasteiger partial charge >= 0.3 is 0 Å². The number of benzene rings is 1. The molecule has 0 radical (unpaired) electrons. The summed E-state index contributed by atoms with van der Waals surface area (Å²) in [5.74, 6) is -0.889. The molecule has 1 aliphatic carbocycles. The van der Waals surface area contributed by atoms with Crippen LogP contribution in [0.25, 0.3) is 0 Å². The van der Waals surface area contributed by atoms with Crippen molar-refractivity contribution < 1.29 is 14.5 Å². The Morgan fingerprint density at radius 3 is 2.73 bits per heavy atom. The fourth-order valence-electron chi connectivity index (χ4n) is 3.50. The number of rotatable bonds is 6. The highest BCUT2D eigenvalue weighted by Gasteiger charge is 2.28. The molecule has 3 aromatic rings. The van der Waals surface area contributed by atoms with Crippen molar-refractivity contribution in [3.05, 3.63) is 86.0 Å². The van der Waals surface area contributed by atoms with Crippen molar-refractivity contribution in [2.45, 2.75) is 25.8 Å². The van der Waals surface area contributed by atoms with Crippen molar-refractivity contribution in [2.24, 2.45) is 0 Å². The van der Waals surface area contributed by atoms with Gasteiger partial charge in [0.25, 0.3) is 17.5 Å². The second-order valence-electron chi connectivity index (χ2n) is 6.83. The molecule has 0 fully saturated rings. The Labute approximate surface area is 176 Å². The quantitative estimate of drug-likeness (QED) is 0.464. The minimum atomic E-state index is -0.608. The molecule has 0 saturated carbocycles. The number of pyridine rings is 1. The standard InChI is InChI=1S/C21H18N4O4S/c26-19(14-6-1-2-8-16(14)25(28)29)24-21-18(15-7-3-9-17(15)30-21)20(27)23-12-13-5-4-10-22-11-13/h1-2,4-6,8,10-11H,3,7,9,12H2,(H,23,27)(H,24,26). The lowest BCUT2D eigenvalue weighted by atomic mass is 10.1. The maximum Gasteiger partial charge on any atom is 0.282 e. The first-order chi connectivity index (χ1) is 14.5. The number of para-hydroxylation sites is 1. The summed E-state index contributed by atoms with van der Waals surface area (Å²) in [6.45, 7) is 0.314. The molecule has 0 unspecified atom stereocenters. The van der Waals surface area contributed by atoms with Crippen molar-refractivity contribution >= 4 is 33.8 Å². The van der Waals surface area contributed by atoms with E-state index in [1.807, 2.05) is 6.07 Å². The molecule has 8 nitrogen and oxygen atoms in total. The van der Waals surface area contributed by atoms with E-state index in [1.54, 1.807) is 24.5 Å². The third kappa shape index (κ3) is 3.92. The van der Waals surface area contributed by atoms with E-state index in [2.05, 4.69) is 15.6 Å². The first-order valence-corrected chi connectivity index (χ1v) is 10.2. The minimum absolute atomic E-state index is 0.0437. The first kappa shape index (κ1) is 19.7. The number of aryl methyl sites for hydroxylation is 1. The lowest BCUT2D eigenvalue weighted by Gasteiger charge is -2.10. The van der Waals surface area contributed by atoms with E-state index in [1.165, 1.54) is 29.5 Å². The largest absolute Gasteiger partial charge is 0.348 e. The monoisotopic (exact) mass is 422 g/mol. The Hall–Kier alpha value is -3.59. The molecule has 0 aliphatic heterocycles. The Kier molecular flexibility index (Phi) is 5.53. The number of nitro groups is 1. The van der Waals surface area contributed by atoms with E-state index in [0.717, 1.165) is 35.3 Å². The third-order valence-electron chi connectivity index (χ3n) is 4.90. The molecule has 152 valence electrons. The van der Waals surface area contributed by atoms with Crippen LogP contribution in [0.2, 0.25) is 0 Å². The molecule has 4 rings (SSSR count). The minimum Gasteiger partial charge on any atom is -0.348 e.